The minimum atomic E-state index is 0.239. The van der Waals surface area contributed by atoms with Gasteiger partial charge in [0, 0.05) is 8.95 Å². The Morgan fingerprint density at radius 3 is 2.69 bits per heavy atom. The largest absolute Gasteiger partial charge is 0.386 e. The Balaban J connectivity index is 3.03. The third-order valence-electron chi connectivity index (χ3n) is 1.31. The van der Waals surface area contributed by atoms with E-state index in [9.17, 15) is 0 Å². The van der Waals surface area contributed by atoms with Gasteiger partial charge in [-0.2, -0.15) is 0 Å². The summed E-state index contributed by atoms with van der Waals surface area (Å²) in [5.41, 5.74) is 6.28. The topological polar surface area (TPSA) is 38.4 Å². The fourth-order valence-corrected chi connectivity index (χ4v) is 1.95. The van der Waals surface area contributed by atoms with Crippen LogP contribution in [0.3, 0.4) is 0 Å². The highest BCUT2D eigenvalue weighted by Crippen LogP contribution is 2.28. The molecular formula is C8H7Br2ClN2. The van der Waals surface area contributed by atoms with Gasteiger partial charge in [-0.15, -0.1) is 11.6 Å². The Hall–Kier alpha value is -0.0600. The molecule has 70 valence electrons. The van der Waals surface area contributed by atoms with E-state index in [1.165, 1.54) is 0 Å². The highest BCUT2D eigenvalue weighted by atomic mass is 79.9. The van der Waals surface area contributed by atoms with Crippen LogP contribution in [-0.2, 0) is 0 Å². The summed E-state index contributed by atoms with van der Waals surface area (Å²) in [6, 6.07) is 5.65. The molecule has 2 nitrogen and oxygen atoms in total. The number of alkyl halides is 1. The molecule has 0 aromatic heterocycles. The van der Waals surface area contributed by atoms with Crippen molar-refractivity contribution in [2.45, 2.75) is 0 Å². The number of benzene rings is 1. The summed E-state index contributed by atoms with van der Waals surface area (Å²) in [6.07, 6.45) is 0. The average Bonchev–Trinajstić information content (AvgIpc) is 2.09. The first-order valence-corrected chi connectivity index (χ1v) is 5.59. The molecule has 0 bridgehead atoms. The van der Waals surface area contributed by atoms with Gasteiger partial charge in [-0.25, -0.2) is 4.99 Å². The first-order chi connectivity index (χ1) is 6.13. The second-order valence-corrected chi connectivity index (χ2v) is 4.37. The number of amidine groups is 1. The molecule has 5 heteroatoms. The van der Waals surface area contributed by atoms with Crippen LogP contribution in [0.1, 0.15) is 0 Å². The van der Waals surface area contributed by atoms with Crippen molar-refractivity contribution in [2.24, 2.45) is 10.7 Å². The normalized spacial score (nSPS) is 11.8. The van der Waals surface area contributed by atoms with Crippen molar-refractivity contribution in [3.63, 3.8) is 0 Å². The number of halogens is 3. The summed E-state index contributed by atoms with van der Waals surface area (Å²) >= 11 is 12.2. The summed E-state index contributed by atoms with van der Waals surface area (Å²) in [5, 5.41) is 0. The van der Waals surface area contributed by atoms with Gasteiger partial charge < -0.3 is 5.73 Å². The lowest BCUT2D eigenvalue weighted by Crippen LogP contribution is -2.12. The Labute approximate surface area is 98.4 Å². The smallest absolute Gasteiger partial charge is 0.115 e. The second kappa shape index (κ2) is 4.98. The van der Waals surface area contributed by atoms with E-state index in [2.05, 4.69) is 36.9 Å². The lowest BCUT2D eigenvalue weighted by Gasteiger charge is -2.00. The van der Waals surface area contributed by atoms with E-state index < -0.39 is 0 Å². The molecule has 0 fully saturated rings. The molecule has 0 saturated heterocycles. The van der Waals surface area contributed by atoms with E-state index >= 15 is 0 Å². The van der Waals surface area contributed by atoms with Crippen LogP contribution in [0.5, 0.6) is 0 Å². The molecule has 0 radical (unpaired) electrons. The molecule has 0 atom stereocenters. The van der Waals surface area contributed by atoms with Crippen LogP contribution in [0, 0.1) is 0 Å². The summed E-state index contributed by atoms with van der Waals surface area (Å²) < 4.78 is 1.87. The van der Waals surface area contributed by atoms with Crippen molar-refractivity contribution in [1.29, 1.82) is 0 Å². The minimum Gasteiger partial charge on any atom is -0.386 e. The third-order valence-corrected chi connectivity index (χ3v) is 2.71. The number of nitrogens with two attached hydrogens (primary N) is 1. The maximum absolute atomic E-state index is 5.51. The van der Waals surface area contributed by atoms with Gasteiger partial charge in [0.15, 0.2) is 0 Å². The summed E-state index contributed by atoms with van der Waals surface area (Å²) in [5.74, 6) is 0.646. The Kier molecular flexibility index (Phi) is 4.22. The van der Waals surface area contributed by atoms with Crippen LogP contribution < -0.4 is 5.73 Å². The quantitative estimate of drug-likeness (QED) is 0.505. The maximum Gasteiger partial charge on any atom is 0.115 e. The van der Waals surface area contributed by atoms with Crippen LogP contribution in [0.25, 0.3) is 0 Å². The molecule has 0 unspecified atom stereocenters. The molecule has 1 aromatic rings. The molecule has 0 amide bonds. The van der Waals surface area contributed by atoms with Gasteiger partial charge in [-0.1, -0.05) is 15.9 Å². The number of nitrogens with zero attached hydrogens (tertiary/aromatic N) is 1. The molecule has 0 aliphatic heterocycles. The number of hydrogen-bond donors (Lipinski definition) is 1. The monoisotopic (exact) mass is 324 g/mol. The lowest BCUT2D eigenvalue weighted by atomic mass is 10.3. The highest BCUT2D eigenvalue weighted by Gasteiger charge is 1.99. The Morgan fingerprint density at radius 2 is 2.15 bits per heavy atom. The van der Waals surface area contributed by atoms with Gasteiger partial charge in [0.1, 0.15) is 5.84 Å². The SMILES string of the molecule is NC(CCl)=Nc1ccc(Br)cc1Br. The van der Waals surface area contributed by atoms with Crippen molar-refractivity contribution in [2.75, 3.05) is 5.88 Å². The van der Waals surface area contributed by atoms with Gasteiger partial charge in [-0.05, 0) is 34.1 Å². The van der Waals surface area contributed by atoms with Crippen molar-refractivity contribution < 1.29 is 0 Å². The van der Waals surface area contributed by atoms with Gasteiger partial charge >= 0.3 is 0 Å². The third kappa shape index (κ3) is 3.29. The molecule has 0 aliphatic rings. The lowest BCUT2D eigenvalue weighted by molar-refractivity contribution is 1.42. The zero-order valence-corrected chi connectivity index (χ0v) is 10.5. The fourth-order valence-electron chi connectivity index (χ4n) is 0.757. The van der Waals surface area contributed by atoms with E-state index in [0.29, 0.717) is 5.84 Å². The first-order valence-electron chi connectivity index (χ1n) is 3.47. The molecule has 1 aromatic carbocycles. The molecular weight excluding hydrogens is 319 g/mol. The van der Waals surface area contributed by atoms with Gasteiger partial charge in [0.05, 0.1) is 11.6 Å². The van der Waals surface area contributed by atoms with Crippen LogP contribution in [0.15, 0.2) is 32.1 Å². The Bertz CT molecular complexity index is 339. The van der Waals surface area contributed by atoms with Crippen molar-refractivity contribution in [3.05, 3.63) is 27.1 Å². The molecule has 13 heavy (non-hydrogen) atoms. The van der Waals surface area contributed by atoms with Crippen LogP contribution in [0.2, 0.25) is 0 Å². The van der Waals surface area contributed by atoms with E-state index in [1.54, 1.807) is 0 Å². The molecule has 2 N–H and O–H groups in total. The Morgan fingerprint density at radius 1 is 1.46 bits per heavy atom. The minimum absolute atomic E-state index is 0.239. The molecule has 1 rings (SSSR count). The van der Waals surface area contributed by atoms with Gasteiger partial charge in [0.25, 0.3) is 0 Å². The number of rotatable bonds is 2. The predicted octanol–water partition coefficient (Wildman–Crippen LogP) is 3.44. The molecule has 0 saturated carbocycles. The predicted molar refractivity (Wildman–Crippen MR) is 63.8 cm³/mol. The zero-order chi connectivity index (χ0) is 9.84. The summed E-state index contributed by atoms with van der Waals surface area (Å²) in [4.78, 5) is 4.11. The van der Waals surface area contributed by atoms with Crippen LogP contribution >= 0.6 is 43.5 Å². The maximum atomic E-state index is 5.51. The molecule has 0 aliphatic carbocycles. The number of aliphatic imine (C=N–C) groups is 1. The van der Waals surface area contributed by atoms with E-state index in [4.69, 9.17) is 17.3 Å². The van der Waals surface area contributed by atoms with Crippen LogP contribution in [0.4, 0.5) is 5.69 Å². The fraction of sp³-hybridized carbons (Fsp3) is 0.125. The first kappa shape index (κ1) is 11.0. The molecule has 0 heterocycles. The molecule has 0 spiro atoms. The average molecular weight is 326 g/mol. The van der Waals surface area contributed by atoms with E-state index in [1.807, 2.05) is 18.2 Å². The van der Waals surface area contributed by atoms with Crippen molar-refractivity contribution in [1.82, 2.24) is 0 Å². The second-order valence-electron chi connectivity index (χ2n) is 2.33. The van der Waals surface area contributed by atoms with Crippen molar-refractivity contribution in [3.8, 4) is 0 Å². The van der Waals surface area contributed by atoms with Gasteiger partial charge in [-0.3, -0.25) is 0 Å². The van der Waals surface area contributed by atoms with Crippen molar-refractivity contribution >= 4 is 55.0 Å². The highest BCUT2D eigenvalue weighted by molar-refractivity contribution is 9.11. The van der Waals surface area contributed by atoms with E-state index in [-0.39, 0.29) is 5.88 Å². The van der Waals surface area contributed by atoms with Gasteiger partial charge in [0.2, 0.25) is 0 Å². The summed E-state index contributed by atoms with van der Waals surface area (Å²) in [6.45, 7) is 0. The number of hydrogen-bond acceptors (Lipinski definition) is 1. The van der Waals surface area contributed by atoms with E-state index in [0.717, 1.165) is 14.6 Å². The summed E-state index contributed by atoms with van der Waals surface area (Å²) in [7, 11) is 0. The standard InChI is InChI=1S/C8H7Br2ClN2/c9-5-1-2-7(6(10)3-5)13-8(12)4-11/h1-3H,4H2,(H2,12,13). The van der Waals surface area contributed by atoms with Crippen LogP contribution in [-0.4, -0.2) is 11.7 Å². The zero-order valence-electron chi connectivity index (χ0n) is 6.60.